The van der Waals surface area contributed by atoms with Crippen LogP contribution < -0.4 is 20.1 Å². The van der Waals surface area contributed by atoms with Gasteiger partial charge in [-0.2, -0.15) is 5.26 Å². The molecular formula is C21H25N3O3S. The first-order chi connectivity index (χ1) is 13.1. The molecule has 2 aromatic rings. The van der Waals surface area contributed by atoms with E-state index in [4.69, 9.17) is 9.47 Å². The topological polar surface area (TPSA) is 83.4 Å². The number of fused-ring (bicyclic) bond motifs is 1. The van der Waals surface area contributed by atoms with Crippen molar-refractivity contribution in [1.82, 2.24) is 5.32 Å². The maximum Gasteiger partial charge on any atom is 0.263 e. The summed E-state index contributed by atoms with van der Waals surface area (Å²) in [5.74, 6) is 0.467. The van der Waals surface area contributed by atoms with Crippen molar-refractivity contribution in [3.8, 4) is 17.6 Å². The van der Waals surface area contributed by atoms with Gasteiger partial charge < -0.3 is 20.1 Å². The van der Waals surface area contributed by atoms with E-state index in [9.17, 15) is 10.1 Å². The first-order valence-electron chi connectivity index (χ1n) is 9.01. The van der Waals surface area contributed by atoms with E-state index in [0.29, 0.717) is 27.6 Å². The molecule has 6 nitrogen and oxygen atoms in total. The van der Waals surface area contributed by atoms with Crippen molar-refractivity contribution >= 4 is 22.2 Å². The summed E-state index contributed by atoms with van der Waals surface area (Å²) in [4.78, 5) is 14.1. The summed E-state index contributed by atoms with van der Waals surface area (Å²) in [5, 5.41) is 16.9. The van der Waals surface area contributed by atoms with E-state index in [1.807, 2.05) is 0 Å². The van der Waals surface area contributed by atoms with Crippen LogP contribution in [-0.4, -0.2) is 25.7 Å². The lowest BCUT2D eigenvalue weighted by atomic mass is 9.81. The van der Waals surface area contributed by atoms with Gasteiger partial charge in [-0.1, -0.05) is 6.07 Å². The van der Waals surface area contributed by atoms with Crippen molar-refractivity contribution in [3.05, 3.63) is 39.8 Å². The molecule has 0 aliphatic carbocycles. The van der Waals surface area contributed by atoms with Crippen molar-refractivity contribution < 1.29 is 14.3 Å². The SMILES string of the molecule is COc1cccc(OC)c1C(=O)Nc1sc2c(c1C#N)CC(C)(C)NC2(C)C. The number of hydrogen-bond donors (Lipinski definition) is 2. The second kappa shape index (κ2) is 7.12. The Morgan fingerprint density at radius 3 is 2.36 bits per heavy atom. The Kier molecular flexibility index (Phi) is 5.13. The maximum atomic E-state index is 13.1. The number of benzene rings is 1. The highest BCUT2D eigenvalue weighted by atomic mass is 32.1. The molecule has 1 aliphatic rings. The van der Waals surface area contributed by atoms with Crippen LogP contribution in [0.1, 0.15) is 54.1 Å². The van der Waals surface area contributed by atoms with Gasteiger partial charge in [0.15, 0.2) is 0 Å². The number of carbonyl (C=O) groups excluding carboxylic acids is 1. The summed E-state index contributed by atoms with van der Waals surface area (Å²) in [5.41, 5.74) is 1.41. The number of nitrogens with one attached hydrogen (secondary N) is 2. The summed E-state index contributed by atoms with van der Waals surface area (Å²) < 4.78 is 10.7. The monoisotopic (exact) mass is 399 g/mol. The quantitative estimate of drug-likeness (QED) is 0.810. The van der Waals surface area contributed by atoms with Gasteiger partial charge >= 0.3 is 0 Å². The molecule has 2 heterocycles. The molecule has 0 bridgehead atoms. The normalized spacial score (nSPS) is 16.6. The van der Waals surface area contributed by atoms with Crippen LogP contribution in [0.2, 0.25) is 0 Å². The van der Waals surface area contributed by atoms with E-state index in [2.05, 4.69) is 44.4 Å². The highest BCUT2D eigenvalue weighted by Gasteiger charge is 2.40. The fourth-order valence-electron chi connectivity index (χ4n) is 3.97. The van der Waals surface area contributed by atoms with E-state index in [0.717, 1.165) is 16.9 Å². The first-order valence-corrected chi connectivity index (χ1v) is 9.83. The molecule has 1 amide bonds. The van der Waals surface area contributed by atoms with Gasteiger partial charge in [0.25, 0.3) is 5.91 Å². The van der Waals surface area contributed by atoms with Gasteiger partial charge in [0, 0.05) is 16.0 Å². The van der Waals surface area contributed by atoms with Crippen LogP contribution in [0.5, 0.6) is 11.5 Å². The van der Waals surface area contributed by atoms with Crippen molar-refractivity contribution in [3.63, 3.8) is 0 Å². The molecule has 3 rings (SSSR count). The van der Waals surface area contributed by atoms with E-state index < -0.39 is 0 Å². The number of methoxy groups -OCH3 is 2. The first kappa shape index (κ1) is 20.2. The number of amides is 1. The zero-order chi connectivity index (χ0) is 20.7. The van der Waals surface area contributed by atoms with Gasteiger partial charge in [0.2, 0.25) is 0 Å². The zero-order valence-corrected chi connectivity index (χ0v) is 17.8. The van der Waals surface area contributed by atoms with Gasteiger partial charge in [-0.25, -0.2) is 0 Å². The molecule has 0 radical (unpaired) electrons. The van der Waals surface area contributed by atoms with E-state index in [1.54, 1.807) is 18.2 Å². The fourth-order valence-corrected chi connectivity index (χ4v) is 5.20. The van der Waals surface area contributed by atoms with Crippen molar-refractivity contribution in [1.29, 1.82) is 5.26 Å². The highest BCUT2D eigenvalue weighted by molar-refractivity contribution is 7.17. The molecule has 7 heteroatoms. The second-order valence-corrected chi connectivity index (χ2v) is 9.05. The number of nitriles is 1. The predicted octanol–water partition coefficient (Wildman–Crippen LogP) is 4.05. The Labute approximate surface area is 169 Å². The molecule has 0 fully saturated rings. The Balaban J connectivity index is 2.05. The van der Waals surface area contributed by atoms with Crippen LogP contribution >= 0.6 is 11.3 Å². The number of hydrogen-bond acceptors (Lipinski definition) is 6. The Morgan fingerprint density at radius 2 is 1.82 bits per heavy atom. The van der Waals surface area contributed by atoms with E-state index >= 15 is 0 Å². The average molecular weight is 400 g/mol. The molecular weight excluding hydrogens is 374 g/mol. The van der Waals surface area contributed by atoms with Crippen LogP contribution in [0.3, 0.4) is 0 Å². The van der Waals surface area contributed by atoms with Crippen LogP contribution in [0, 0.1) is 11.3 Å². The molecule has 0 unspecified atom stereocenters. The minimum Gasteiger partial charge on any atom is -0.496 e. The number of nitrogens with zero attached hydrogens (tertiary/aromatic N) is 1. The maximum absolute atomic E-state index is 13.1. The third-order valence-electron chi connectivity index (χ3n) is 4.84. The summed E-state index contributed by atoms with van der Waals surface area (Å²) in [6, 6.07) is 7.47. The fraction of sp³-hybridized carbons (Fsp3) is 0.429. The van der Waals surface area contributed by atoms with Crippen molar-refractivity contribution in [2.45, 2.75) is 45.2 Å². The molecule has 0 spiro atoms. The van der Waals surface area contributed by atoms with E-state index in [1.165, 1.54) is 25.6 Å². The average Bonchev–Trinajstić information content (AvgIpc) is 2.96. The summed E-state index contributed by atoms with van der Waals surface area (Å²) in [6.07, 6.45) is 0.721. The highest BCUT2D eigenvalue weighted by Crippen LogP contribution is 2.45. The minimum absolute atomic E-state index is 0.143. The van der Waals surface area contributed by atoms with Crippen LogP contribution in [-0.2, 0) is 12.0 Å². The van der Waals surface area contributed by atoms with Gasteiger partial charge in [-0.3, -0.25) is 4.79 Å². The van der Waals surface area contributed by atoms with Gasteiger partial charge in [0.1, 0.15) is 28.1 Å². The Morgan fingerprint density at radius 1 is 1.21 bits per heavy atom. The molecule has 2 N–H and O–H groups in total. The minimum atomic E-state index is -0.366. The lowest BCUT2D eigenvalue weighted by Crippen LogP contribution is -2.54. The predicted molar refractivity (Wildman–Crippen MR) is 110 cm³/mol. The van der Waals surface area contributed by atoms with Gasteiger partial charge in [0.05, 0.1) is 19.8 Å². The molecule has 148 valence electrons. The zero-order valence-electron chi connectivity index (χ0n) is 17.0. The Bertz CT molecular complexity index is 948. The smallest absolute Gasteiger partial charge is 0.263 e. The standard InChI is InChI=1S/C21H25N3O3S/c1-20(2)10-12-13(11-22)19(28-17(12)21(3,4)24-20)23-18(25)16-14(26-5)8-7-9-15(16)27-6/h7-9,24H,10H2,1-6H3,(H,23,25). The third-order valence-corrected chi connectivity index (χ3v) is 6.31. The Hall–Kier alpha value is -2.56. The van der Waals surface area contributed by atoms with Gasteiger partial charge in [-0.05, 0) is 51.8 Å². The molecule has 0 saturated carbocycles. The largest absolute Gasteiger partial charge is 0.496 e. The number of thiophene rings is 1. The summed E-state index contributed by atoms with van der Waals surface area (Å²) >= 11 is 1.45. The molecule has 1 aromatic heterocycles. The third kappa shape index (κ3) is 3.46. The van der Waals surface area contributed by atoms with Crippen LogP contribution in [0.4, 0.5) is 5.00 Å². The van der Waals surface area contributed by atoms with Crippen LogP contribution in [0.25, 0.3) is 0 Å². The van der Waals surface area contributed by atoms with Gasteiger partial charge in [-0.15, -0.1) is 11.3 Å². The lowest BCUT2D eigenvalue weighted by Gasteiger charge is -2.42. The lowest BCUT2D eigenvalue weighted by molar-refractivity contribution is 0.102. The summed E-state index contributed by atoms with van der Waals surface area (Å²) in [6.45, 7) is 8.43. The van der Waals surface area contributed by atoms with Crippen LogP contribution in [0.15, 0.2) is 18.2 Å². The summed E-state index contributed by atoms with van der Waals surface area (Å²) in [7, 11) is 3.01. The number of rotatable bonds is 4. The van der Waals surface area contributed by atoms with Crippen molar-refractivity contribution in [2.75, 3.05) is 19.5 Å². The second-order valence-electron chi connectivity index (χ2n) is 8.03. The van der Waals surface area contributed by atoms with E-state index in [-0.39, 0.29) is 17.0 Å². The molecule has 28 heavy (non-hydrogen) atoms. The molecule has 0 saturated heterocycles. The number of ether oxygens (including phenoxy) is 2. The molecule has 1 aliphatic heterocycles. The number of carbonyl (C=O) groups is 1. The van der Waals surface area contributed by atoms with Crippen molar-refractivity contribution in [2.24, 2.45) is 0 Å². The molecule has 0 atom stereocenters. The number of anilines is 1. The molecule has 1 aromatic carbocycles.